The molecule has 0 radical (unpaired) electrons. The lowest BCUT2D eigenvalue weighted by molar-refractivity contribution is 0.0772. The third-order valence-electron chi connectivity index (χ3n) is 2.37. The number of hydrogen-bond donors (Lipinski definition) is 2. The molecule has 0 spiro atoms. The van der Waals surface area contributed by atoms with Gasteiger partial charge in [0.1, 0.15) is 0 Å². The molecule has 0 bridgehead atoms. The highest BCUT2D eigenvalue weighted by Crippen LogP contribution is 2.19. The van der Waals surface area contributed by atoms with Crippen molar-refractivity contribution in [3.8, 4) is 0 Å². The standard InChI is InChI=1S/C11H16O2/c1-8-3-5-10(6-4-8)9(2)11(13)7-12/h3-6,9,11-13H,7H2,1-2H3/t9-,11+/m1/s1. The Hall–Kier alpha value is -0.860. The number of benzene rings is 1. The van der Waals surface area contributed by atoms with Crippen molar-refractivity contribution in [2.75, 3.05) is 6.61 Å². The van der Waals surface area contributed by atoms with E-state index in [1.165, 1.54) is 5.56 Å². The molecular formula is C11H16O2. The summed E-state index contributed by atoms with van der Waals surface area (Å²) in [7, 11) is 0. The van der Waals surface area contributed by atoms with E-state index in [4.69, 9.17) is 5.11 Å². The van der Waals surface area contributed by atoms with Crippen molar-refractivity contribution >= 4 is 0 Å². The second-order valence-electron chi connectivity index (χ2n) is 3.45. The minimum atomic E-state index is -0.664. The number of aliphatic hydroxyl groups is 2. The molecule has 1 aromatic rings. The van der Waals surface area contributed by atoms with Gasteiger partial charge in [-0.05, 0) is 12.5 Å². The summed E-state index contributed by atoms with van der Waals surface area (Å²) >= 11 is 0. The molecule has 2 nitrogen and oxygen atoms in total. The summed E-state index contributed by atoms with van der Waals surface area (Å²) in [6, 6.07) is 7.99. The lowest BCUT2D eigenvalue weighted by atomic mass is 9.95. The topological polar surface area (TPSA) is 40.5 Å². The molecule has 0 heterocycles. The normalized spacial score (nSPS) is 15.4. The Morgan fingerprint density at radius 3 is 2.23 bits per heavy atom. The van der Waals surface area contributed by atoms with E-state index >= 15 is 0 Å². The Bertz CT molecular complexity index is 253. The molecule has 1 aromatic carbocycles. The van der Waals surface area contributed by atoms with Crippen molar-refractivity contribution in [2.45, 2.75) is 25.9 Å². The van der Waals surface area contributed by atoms with Crippen LogP contribution in [0.5, 0.6) is 0 Å². The van der Waals surface area contributed by atoms with Crippen LogP contribution in [0.1, 0.15) is 24.0 Å². The molecule has 0 saturated heterocycles. The van der Waals surface area contributed by atoms with Gasteiger partial charge in [-0.1, -0.05) is 36.8 Å². The number of rotatable bonds is 3. The van der Waals surface area contributed by atoms with E-state index in [2.05, 4.69) is 0 Å². The maximum Gasteiger partial charge on any atom is 0.0836 e. The minimum Gasteiger partial charge on any atom is -0.394 e. The summed E-state index contributed by atoms with van der Waals surface area (Å²) < 4.78 is 0. The van der Waals surface area contributed by atoms with Gasteiger partial charge in [0.15, 0.2) is 0 Å². The monoisotopic (exact) mass is 180 g/mol. The maximum atomic E-state index is 9.40. The quantitative estimate of drug-likeness (QED) is 0.739. The highest BCUT2D eigenvalue weighted by atomic mass is 16.3. The van der Waals surface area contributed by atoms with E-state index in [0.29, 0.717) is 0 Å². The third-order valence-corrected chi connectivity index (χ3v) is 2.37. The van der Waals surface area contributed by atoms with Gasteiger partial charge in [0.05, 0.1) is 12.7 Å². The molecule has 0 aliphatic heterocycles. The molecule has 0 aliphatic carbocycles. The van der Waals surface area contributed by atoms with Crippen molar-refractivity contribution in [1.29, 1.82) is 0 Å². The summed E-state index contributed by atoms with van der Waals surface area (Å²) in [5.41, 5.74) is 2.27. The predicted octanol–water partition coefficient (Wildman–Crippen LogP) is 1.45. The summed E-state index contributed by atoms with van der Waals surface area (Å²) in [5, 5.41) is 18.2. The van der Waals surface area contributed by atoms with Crippen LogP contribution >= 0.6 is 0 Å². The van der Waals surface area contributed by atoms with E-state index in [1.807, 2.05) is 38.1 Å². The van der Waals surface area contributed by atoms with Crippen LogP contribution in [0, 0.1) is 6.92 Å². The van der Waals surface area contributed by atoms with E-state index in [9.17, 15) is 5.11 Å². The fourth-order valence-corrected chi connectivity index (χ4v) is 1.25. The van der Waals surface area contributed by atoms with E-state index in [1.54, 1.807) is 0 Å². The molecule has 0 saturated carbocycles. The molecule has 0 aromatic heterocycles. The predicted molar refractivity (Wildman–Crippen MR) is 52.7 cm³/mol. The molecule has 2 heteroatoms. The average molecular weight is 180 g/mol. The Morgan fingerprint density at radius 1 is 1.23 bits per heavy atom. The molecule has 72 valence electrons. The van der Waals surface area contributed by atoms with Gasteiger partial charge in [-0.15, -0.1) is 0 Å². The van der Waals surface area contributed by atoms with Gasteiger partial charge >= 0.3 is 0 Å². The number of aryl methyl sites for hydroxylation is 1. The zero-order valence-corrected chi connectivity index (χ0v) is 8.07. The minimum absolute atomic E-state index is 0.00870. The SMILES string of the molecule is Cc1ccc([C@@H](C)[C@@H](O)CO)cc1. The Morgan fingerprint density at radius 2 is 1.77 bits per heavy atom. The van der Waals surface area contributed by atoms with Crippen molar-refractivity contribution in [3.05, 3.63) is 35.4 Å². The highest BCUT2D eigenvalue weighted by molar-refractivity contribution is 5.24. The molecule has 0 fully saturated rings. The Labute approximate surface area is 78.8 Å². The molecular weight excluding hydrogens is 164 g/mol. The Kier molecular flexibility index (Phi) is 3.46. The van der Waals surface area contributed by atoms with Crippen LogP contribution in [0.25, 0.3) is 0 Å². The highest BCUT2D eigenvalue weighted by Gasteiger charge is 2.14. The van der Waals surface area contributed by atoms with Crippen LogP contribution in [-0.4, -0.2) is 22.9 Å². The van der Waals surface area contributed by atoms with Gasteiger partial charge in [-0.3, -0.25) is 0 Å². The molecule has 2 N–H and O–H groups in total. The zero-order chi connectivity index (χ0) is 9.84. The van der Waals surface area contributed by atoms with Gasteiger partial charge in [0.2, 0.25) is 0 Å². The van der Waals surface area contributed by atoms with Crippen LogP contribution in [0.4, 0.5) is 0 Å². The van der Waals surface area contributed by atoms with Crippen molar-refractivity contribution < 1.29 is 10.2 Å². The fourth-order valence-electron chi connectivity index (χ4n) is 1.25. The first-order chi connectivity index (χ1) is 6.15. The van der Waals surface area contributed by atoms with Gasteiger partial charge in [-0.25, -0.2) is 0 Å². The summed E-state index contributed by atoms with van der Waals surface area (Å²) in [6.45, 7) is 3.75. The van der Waals surface area contributed by atoms with Crippen LogP contribution < -0.4 is 0 Å². The van der Waals surface area contributed by atoms with Crippen LogP contribution in [0.15, 0.2) is 24.3 Å². The largest absolute Gasteiger partial charge is 0.394 e. The number of hydrogen-bond acceptors (Lipinski definition) is 2. The average Bonchev–Trinajstić information content (AvgIpc) is 2.17. The van der Waals surface area contributed by atoms with Gasteiger partial charge in [-0.2, -0.15) is 0 Å². The first-order valence-corrected chi connectivity index (χ1v) is 4.50. The van der Waals surface area contributed by atoms with Crippen LogP contribution in [-0.2, 0) is 0 Å². The zero-order valence-electron chi connectivity index (χ0n) is 8.07. The fraction of sp³-hybridized carbons (Fsp3) is 0.455. The smallest absolute Gasteiger partial charge is 0.0836 e. The van der Waals surface area contributed by atoms with Crippen LogP contribution in [0.2, 0.25) is 0 Å². The van der Waals surface area contributed by atoms with Crippen molar-refractivity contribution in [3.63, 3.8) is 0 Å². The molecule has 0 aliphatic rings. The molecule has 0 amide bonds. The van der Waals surface area contributed by atoms with Crippen LogP contribution in [0.3, 0.4) is 0 Å². The van der Waals surface area contributed by atoms with E-state index in [0.717, 1.165) is 5.56 Å². The lowest BCUT2D eigenvalue weighted by Gasteiger charge is -2.16. The molecule has 2 atom stereocenters. The van der Waals surface area contributed by atoms with Gasteiger partial charge in [0, 0.05) is 5.92 Å². The van der Waals surface area contributed by atoms with E-state index in [-0.39, 0.29) is 12.5 Å². The number of aliphatic hydroxyl groups excluding tert-OH is 2. The molecule has 13 heavy (non-hydrogen) atoms. The van der Waals surface area contributed by atoms with Crippen molar-refractivity contribution in [1.82, 2.24) is 0 Å². The third kappa shape index (κ3) is 2.54. The summed E-state index contributed by atoms with van der Waals surface area (Å²) in [5.74, 6) is -0.00870. The molecule has 0 unspecified atom stereocenters. The first-order valence-electron chi connectivity index (χ1n) is 4.50. The van der Waals surface area contributed by atoms with Crippen molar-refractivity contribution in [2.24, 2.45) is 0 Å². The first kappa shape index (κ1) is 10.2. The molecule has 1 rings (SSSR count). The van der Waals surface area contributed by atoms with Gasteiger partial charge in [0.25, 0.3) is 0 Å². The Balaban J connectivity index is 2.77. The second kappa shape index (κ2) is 4.40. The second-order valence-corrected chi connectivity index (χ2v) is 3.45. The maximum absolute atomic E-state index is 9.40. The summed E-state index contributed by atoms with van der Waals surface area (Å²) in [6.07, 6.45) is -0.664. The lowest BCUT2D eigenvalue weighted by Crippen LogP contribution is -2.19. The van der Waals surface area contributed by atoms with Gasteiger partial charge < -0.3 is 10.2 Å². The summed E-state index contributed by atoms with van der Waals surface area (Å²) in [4.78, 5) is 0. The van der Waals surface area contributed by atoms with E-state index < -0.39 is 6.10 Å².